The van der Waals surface area contributed by atoms with Crippen molar-refractivity contribution in [3.8, 4) is 0 Å². The van der Waals surface area contributed by atoms with Crippen molar-refractivity contribution in [3.63, 3.8) is 0 Å². The molecule has 0 amide bonds. The van der Waals surface area contributed by atoms with E-state index in [1.165, 1.54) is 19.3 Å². The first-order valence-electron chi connectivity index (χ1n) is 7.28. The summed E-state index contributed by atoms with van der Waals surface area (Å²) in [5, 5.41) is 7.68. The molecule has 0 spiro atoms. The van der Waals surface area contributed by atoms with E-state index in [-0.39, 0.29) is 5.41 Å². The molecule has 2 fully saturated rings. The highest BCUT2D eigenvalue weighted by molar-refractivity contribution is 5.11. The van der Waals surface area contributed by atoms with Crippen LogP contribution in [0.15, 0.2) is 4.52 Å². The zero-order chi connectivity index (χ0) is 12.6. The lowest BCUT2D eigenvalue weighted by Crippen LogP contribution is -2.28. The van der Waals surface area contributed by atoms with E-state index in [4.69, 9.17) is 9.51 Å². The zero-order valence-electron chi connectivity index (χ0n) is 11.4. The molecule has 1 N–H and O–H groups in total. The van der Waals surface area contributed by atoms with E-state index >= 15 is 0 Å². The van der Waals surface area contributed by atoms with E-state index in [1.807, 2.05) is 0 Å². The summed E-state index contributed by atoms with van der Waals surface area (Å²) in [5.74, 6) is 3.16. The SMILES string of the molecule is CCC1(c2nc(C3CCC(C)C3)no2)CCNC1. The highest BCUT2D eigenvalue weighted by Gasteiger charge is 2.40. The summed E-state index contributed by atoms with van der Waals surface area (Å²) < 4.78 is 5.59. The molecule has 0 radical (unpaired) electrons. The topological polar surface area (TPSA) is 51.0 Å². The van der Waals surface area contributed by atoms with Crippen molar-refractivity contribution in [2.75, 3.05) is 13.1 Å². The predicted octanol–water partition coefficient (Wildman–Crippen LogP) is 2.61. The van der Waals surface area contributed by atoms with Crippen LogP contribution in [0.2, 0.25) is 0 Å². The van der Waals surface area contributed by atoms with Crippen molar-refractivity contribution in [1.29, 1.82) is 0 Å². The molecule has 1 aromatic rings. The van der Waals surface area contributed by atoms with E-state index in [0.717, 1.165) is 43.6 Å². The first kappa shape index (κ1) is 12.2. The Hall–Kier alpha value is -0.900. The van der Waals surface area contributed by atoms with Gasteiger partial charge in [-0.3, -0.25) is 0 Å². The second kappa shape index (κ2) is 4.65. The molecule has 3 unspecified atom stereocenters. The molecule has 1 aromatic heterocycles. The normalized spacial score (nSPS) is 36.3. The summed E-state index contributed by atoms with van der Waals surface area (Å²) in [6, 6.07) is 0. The molecule has 4 nitrogen and oxygen atoms in total. The maximum absolute atomic E-state index is 5.59. The minimum Gasteiger partial charge on any atom is -0.339 e. The molecule has 0 bridgehead atoms. The second-order valence-corrected chi connectivity index (χ2v) is 6.13. The van der Waals surface area contributed by atoms with Gasteiger partial charge in [0.05, 0.1) is 5.41 Å². The lowest BCUT2D eigenvalue weighted by molar-refractivity contribution is 0.283. The van der Waals surface area contributed by atoms with Crippen LogP contribution in [-0.2, 0) is 5.41 Å². The molecule has 1 saturated carbocycles. The summed E-state index contributed by atoms with van der Waals surface area (Å²) in [6.07, 6.45) is 5.93. The van der Waals surface area contributed by atoms with Crippen LogP contribution in [0.4, 0.5) is 0 Å². The largest absolute Gasteiger partial charge is 0.339 e. The Morgan fingerprint density at radius 2 is 2.33 bits per heavy atom. The van der Waals surface area contributed by atoms with E-state index in [2.05, 4.69) is 24.3 Å². The second-order valence-electron chi connectivity index (χ2n) is 6.13. The average molecular weight is 249 g/mol. The van der Waals surface area contributed by atoms with Crippen LogP contribution in [0.25, 0.3) is 0 Å². The summed E-state index contributed by atoms with van der Waals surface area (Å²) in [5.41, 5.74) is 0.0927. The van der Waals surface area contributed by atoms with Gasteiger partial charge in [-0.15, -0.1) is 0 Å². The van der Waals surface area contributed by atoms with E-state index in [9.17, 15) is 0 Å². The van der Waals surface area contributed by atoms with Crippen molar-refractivity contribution in [2.24, 2.45) is 5.92 Å². The van der Waals surface area contributed by atoms with Crippen molar-refractivity contribution in [2.45, 2.75) is 57.3 Å². The maximum atomic E-state index is 5.59. The average Bonchev–Trinajstić information content (AvgIpc) is 3.08. The van der Waals surface area contributed by atoms with Crippen molar-refractivity contribution >= 4 is 0 Å². The molecule has 4 heteroatoms. The van der Waals surface area contributed by atoms with E-state index in [0.29, 0.717) is 5.92 Å². The minimum atomic E-state index is 0.0927. The fourth-order valence-corrected chi connectivity index (χ4v) is 3.44. The smallest absolute Gasteiger partial charge is 0.234 e. The quantitative estimate of drug-likeness (QED) is 0.894. The van der Waals surface area contributed by atoms with Crippen molar-refractivity contribution in [1.82, 2.24) is 15.5 Å². The molecule has 18 heavy (non-hydrogen) atoms. The highest BCUT2D eigenvalue weighted by atomic mass is 16.5. The van der Waals surface area contributed by atoms with Gasteiger partial charge >= 0.3 is 0 Å². The first-order chi connectivity index (χ1) is 8.73. The van der Waals surface area contributed by atoms with E-state index in [1.54, 1.807) is 0 Å². The zero-order valence-corrected chi connectivity index (χ0v) is 11.4. The summed E-state index contributed by atoms with van der Waals surface area (Å²) >= 11 is 0. The van der Waals surface area contributed by atoms with Crippen LogP contribution < -0.4 is 5.32 Å². The number of hydrogen-bond donors (Lipinski definition) is 1. The van der Waals surface area contributed by atoms with Gasteiger partial charge in [-0.05, 0) is 44.6 Å². The van der Waals surface area contributed by atoms with Crippen LogP contribution >= 0.6 is 0 Å². The molecule has 1 aliphatic carbocycles. The molecule has 2 aliphatic rings. The Morgan fingerprint density at radius 3 is 2.94 bits per heavy atom. The van der Waals surface area contributed by atoms with Crippen LogP contribution in [0, 0.1) is 5.92 Å². The Balaban J connectivity index is 1.80. The van der Waals surface area contributed by atoms with Gasteiger partial charge in [-0.2, -0.15) is 4.98 Å². The number of nitrogens with one attached hydrogen (secondary N) is 1. The third-order valence-corrected chi connectivity index (χ3v) is 4.88. The summed E-state index contributed by atoms with van der Waals surface area (Å²) in [6.45, 7) is 6.57. The number of hydrogen-bond acceptors (Lipinski definition) is 4. The van der Waals surface area contributed by atoms with Gasteiger partial charge in [0.15, 0.2) is 5.82 Å². The predicted molar refractivity (Wildman–Crippen MR) is 69.5 cm³/mol. The molecular weight excluding hydrogens is 226 g/mol. The fourth-order valence-electron chi connectivity index (χ4n) is 3.44. The van der Waals surface area contributed by atoms with Crippen molar-refractivity contribution < 1.29 is 4.52 Å². The Labute approximate surface area is 109 Å². The molecule has 3 atom stereocenters. The third-order valence-electron chi connectivity index (χ3n) is 4.88. The number of aromatic nitrogens is 2. The molecular formula is C14H23N3O. The molecule has 3 rings (SSSR count). The monoisotopic (exact) mass is 249 g/mol. The van der Waals surface area contributed by atoms with Crippen molar-refractivity contribution in [3.05, 3.63) is 11.7 Å². The van der Waals surface area contributed by atoms with Gasteiger partial charge in [0.25, 0.3) is 0 Å². The lowest BCUT2D eigenvalue weighted by atomic mass is 9.84. The Bertz CT molecular complexity index is 409. The maximum Gasteiger partial charge on any atom is 0.234 e. The Kier molecular flexibility index (Phi) is 3.14. The lowest BCUT2D eigenvalue weighted by Gasteiger charge is -2.20. The minimum absolute atomic E-state index is 0.0927. The van der Waals surface area contributed by atoms with E-state index < -0.39 is 0 Å². The highest BCUT2D eigenvalue weighted by Crippen LogP contribution is 2.38. The fraction of sp³-hybridized carbons (Fsp3) is 0.857. The van der Waals surface area contributed by atoms with Gasteiger partial charge in [-0.1, -0.05) is 19.0 Å². The number of rotatable bonds is 3. The van der Waals surface area contributed by atoms with Crippen LogP contribution in [0.3, 0.4) is 0 Å². The number of nitrogens with zero attached hydrogens (tertiary/aromatic N) is 2. The van der Waals surface area contributed by atoms with Crippen LogP contribution in [0.5, 0.6) is 0 Å². The molecule has 100 valence electrons. The van der Waals surface area contributed by atoms with Gasteiger partial charge in [0, 0.05) is 12.5 Å². The first-order valence-corrected chi connectivity index (χ1v) is 7.28. The van der Waals surface area contributed by atoms with Crippen LogP contribution in [0.1, 0.15) is 63.6 Å². The van der Waals surface area contributed by atoms with Gasteiger partial charge in [0.2, 0.25) is 5.89 Å². The van der Waals surface area contributed by atoms with Crippen LogP contribution in [-0.4, -0.2) is 23.2 Å². The van der Waals surface area contributed by atoms with Gasteiger partial charge in [-0.25, -0.2) is 0 Å². The summed E-state index contributed by atoms with van der Waals surface area (Å²) in [7, 11) is 0. The molecule has 1 saturated heterocycles. The Morgan fingerprint density at radius 1 is 1.44 bits per heavy atom. The third kappa shape index (κ3) is 1.96. The van der Waals surface area contributed by atoms with Gasteiger partial charge in [0.1, 0.15) is 0 Å². The molecule has 1 aliphatic heterocycles. The van der Waals surface area contributed by atoms with Gasteiger partial charge < -0.3 is 9.84 Å². The summed E-state index contributed by atoms with van der Waals surface area (Å²) in [4.78, 5) is 4.73. The molecule has 2 heterocycles. The molecule has 0 aromatic carbocycles. The standard InChI is InChI=1S/C14H23N3O/c1-3-14(6-7-15-9-14)13-16-12(17-18-13)11-5-4-10(2)8-11/h10-11,15H,3-9H2,1-2H3.